The molecule has 1 rings (SSSR count). The third-order valence-corrected chi connectivity index (χ3v) is 3.19. The first kappa shape index (κ1) is 10.0. The zero-order valence-electron chi connectivity index (χ0n) is 8.59. The highest BCUT2D eigenvalue weighted by atomic mass is 15.2. The van der Waals surface area contributed by atoms with E-state index in [1.807, 2.05) is 0 Å². The molecular formula is C10H22N2. The van der Waals surface area contributed by atoms with Crippen LogP contribution in [0.2, 0.25) is 0 Å². The molecular weight excluding hydrogens is 148 g/mol. The minimum absolute atomic E-state index is 0.600. The van der Waals surface area contributed by atoms with Crippen molar-refractivity contribution in [2.75, 3.05) is 13.6 Å². The molecule has 0 heterocycles. The fraction of sp³-hybridized carbons (Fsp3) is 1.00. The van der Waals surface area contributed by atoms with Crippen LogP contribution < -0.4 is 5.73 Å². The van der Waals surface area contributed by atoms with Crippen molar-refractivity contribution >= 4 is 0 Å². The molecule has 72 valence electrons. The van der Waals surface area contributed by atoms with E-state index in [0.29, 0.717) is 6.04 Å². The molecule has 0 saturated heterocycles. The normalized spacial score (nSPS) is 22.8. The van der Waals surface area contributed by atoms with Crippen molar-refractivity contribution in [1.29, 1.82) is 0 Å². The van der Waals surface area contributed by atoms with Gasteiger partial charge in [-0.1, -0.05) is 20.3 Å². The quantitative estimate of drug-likeness (QED) is 0.676. The summed E-state index contributed by atoms with van der Waals surface area (Å²) < 4.78 is 0. The number of rotatable bonds is 5. The summed E-state index contributed by atoms with van der Waals surface area (Å²) in [6.45, 7) is 5.35. The molecule has 0 bridgehead atoms. The Balaban J connectivity index is 2.41. The summed E-state index contributed by atoms with van der Waals surface area (Å²) in [5.41, 5.74) is 5.77. The van der Waals surface area contributed by atoms with Crippen molar-refractivity contribution in [2.24, 2.45) is 11.7 Å². The molecule has 12 heavy (non-hydrogen) atoms. The van der Waals surface area contributed by atoms with Gasteiger partial charge < -0.3 is 5.73 Å². The zero-order valence-corrected chi connectivity index (χ0v) is 8.59. The molecule has 2 nitrogen and oxygen atoms in total. The fourth-order valence-corrected chi connectivity index (χ4v) is 1.82. The first-order valence-corrected chi connectivity index (χ1v) is 5.12. The van der Waals surface area contributed by atoms with Crippen LogP contribution >= 0.6 is 0 Å². The molecule has 0 spiro atoms. The van der Waals surface area contributed by atoms with E-state index in [2.05, 4.69) is 25.8 Å². The van der Waals surface area contributed by atoms with Gasteiger partial charge in [0.15, 0.2) is 0 Å². The Labute approximate surface area is 76.1 Å². The Bertz CT molecular complexity index is 132. The van der Waals surface area contributed by atoms with Crippen LogP contribution in [0.1, 0.15) is 33.1 Å². The lowest BCUT2D eigenvalue weighted by Gasteiger charge is -2.31. The topological polar surface area (TPSA) is 29.3 Å². The molecule has 1 aliphatic rings. The number of nitrogens with two attached hydrogens (primary N) is 1. The van der Waals surface area contributed by atoms with Gasteiger partial charge in [0.1, 0.15) is 0 Å². The average molecular weight is 170 g/mol. The lowest BCUT2D eigenvalue weighted by molar-refractivity contribution is 0.177. The number of likely N-dealkylation sites (N-methyl/N-ethyl adjacent to an activating group) is 1. The van der Waals surface area contributed by atoms with Crippen molar-refractivity contribution < 1.29 is 0 Å². The Hall–Kier alpha value is -0.0800. The second-order valence-electron chi connectivity index (χ2n) is 4.09. The maximum atomic E-state index is 5.77. The zero-order chi connectivity index (χ0) is 9.14. The van der Waals surface area contributed by atoms with Gasteiger partial charge in [-0.2, -0.15) is 0 Å². The molecule has 0 aliphatic heterocycles. The predicted molar refractivity (Wildman–Crippen MR) is 53.1 cm³/mol. The van der Waals surface area contributed by atoms with E-state index in [4.69, 9.17) is 5.73 Å². The van der Waals surface area contributed by atoms with Crippen LogP contribution in [0, 0.1) is 5.92 Å². The predicted octanol–water partition coefficient (Wildman–Crippen LogP) is 1.45. The number of hydrogen-bond acceptors (Lipinski definition) is 2. The van der Waals surface area contributed by atoms with E-state index in [1.54, 1.807) is 0 Å². The van der Waals surface area contributed by atoms with Gasteiger partial charge in [-0.05, 0) is 25.8 Å². The molecule has 1 aliphatic carbocycles. The summed E-state index contributed by atoms with van der Waals surface area (Å²) in [4.78, 5) is 2.48. The molecule has 0 aromatic heterocycles. The van der Waals surface area contributed by atoms with Gasteiger partial charge in [-0.25, -0.2) is 0 Å². The Morgan fingerprint density at radius 2 is 2.08 bits per heavy atom. The van der Waals surface area contributed by atoms with Crippen molar-refractivity contribution in [3.63, 3.8) is 0 Å². The molecule has 1 saturated carbocycles. The van der Waals surface area contributed by atoms with Crippen molar-refractivity contribution in [3.05, 3.63) is 0 Å². The van der Waals surface area contributed by atoms with Crippen molar-refractivity contribution in [2.45, 2.75) is 45.2 Å². The molecule has 0 radical (unpaired) electrons. The molecule has 0 aromatic carbocycles. The summed E-state index contributed by atoms with van der Waals surface area (Å²) in [7, 11) is 2.22. The van der Waals surface area contributed by atoms with Crippen molar-refractivity contribution in [3.8, 4) is 0 Å². The standard InChI is InChI=1S/C10H22N2/c1-4-8(2)10(7-11)12(3)9-5-6-9/h8-10H,4-7,11H2,1-3H3. The van der Waals surface area contributed by atoms with Crippen LogP contribution in [0.15, 0.2) is 0 Å². The lowest BCUT2D eigenvalue weighted by Crippen LogP contribution is -2.43. The van der Waals surface area contributed by atoms with Gasteiger partial charge in [-0.15, -0.1) is 0 Å². The molecule has 2 atom stereocenters. The van der Waals surface area contributed by atoms with Gasteiger partial charge in [0.05, 0.1) is 0 Å². The van der Waals surface area contributed by atoms with Gasteiger partial charge in [-0.3, -0.25) is 4.90 Å². The average Bonchev–Trinajstić information content (AvgIpc) is 2.87. The molecule has 2 heteroatoms. The fourth-order valence-electron chi connectivity index (χ4n) is 1.82. The second-order valence-corrected chi connectivity index (χ2v) is 4.09. The van der Waals surface area contributed by atoms with E-state index >= 15 is 0 Å². The highest BCUT2D eigenvalue weighted by Gasteiger charge is 2.32. The molecule has 1 fully saturated rings. The Morgan fingerprint density at radius 3 is 2.42 bits per heavy atom. The molecule has 2 unspecified atom stereocenters. The lowest BCUT2D eigenvalue weighted by atomic mass is 9.98. The van der Waals surface area contributed by atoms with Crippen LogP contribution in [-0.2, 0) is 0 Å². The van der Waals surface area contributed by atoms with Crippen LogP contribution in [0.25, 0.3) is 0 Å². The van der Waals surface area contributed by atoms with Gasteiger partial charge in [0.25, 0.3) is 0 Å². The van der Waals surface area contributed by atoms with E-state index < -0.39 is 0 Å². The summed E-state index contributed by atoms with van der Waals surface area (Å²) in [5, 5.41) is 0. The second kappa shape index (κ2) is 4.24. The van der Waals surface area contributed by atoms with E-state index in [9.17, 15) is 0 Å². The molecule has 0 amide bonds. The van der Waals surface area contributed by atoms with Crippen LogP contribution in [0.4, 0.5) is 0 Å². The first-order chi connectivity index (χ1) is 5.70. The summed E-state index contributed by atoms with van der Waals surface area (Å²) in [6.07, 6.45) is 3.99. The van der Waals surface area contributed by atoms with E-state index in [-0.39, 0.29) is 0 Å². The third-order valence-electron chi connectivity index (χ3n) is 3.19. The van der Waals surface area contributed by atoms with Gasteiger partial charge >= 0.3 is 0 Å². The number of hydrogen-bond donors (Lipinski definition) is 1. The SMILES string of the molecule is CCC(C)C(CN)N(C)C1CC1. The van der Waals surface area contributed by atoms with Gasteiger partial charge in [0.2, 0.25) is 0 Å². The third kappa shape index (κ3) is 2.20. The maximum Gasteiger partial charge on any atom is 0.0243 e. The van der Waals surface area contributed by atoms with Gasteiger partial charge in [0, 0.05) is 18.6 Å². The summed E-state index contributed by atoms with van der Waals surface area (Å²) in [5.74, 6) is 0.737. The molecule has 2 N–H and O–H groups in total. The highest BCUT2D eigenvalue weighted by Crippen LogP contribution is 2.29. The first-order valence-electron chi connectivity index (χ1n) is 5.12. The minimum atomic E-state index is 0.600. The molecule has 0 aromatic rings. The maximum absolute atomic E-state index is 5.77. The smallest absolute Gasteiger partial charge is 0.0243 e. The van der Waals surface area contributed by atoms with Crippen LogP contribution in [0.3, 0.4) is 0 Å². The Kier molecular flexibility index (Phi) is 3.53. The van der Waals surface area contributed by atoms with Crippen molar-refractivity contribution in [1.82, 2.24) is 4.90 Å². The minimum Gasteiger partial charge on any atom is -0.329 e. The highest BCUT2D eigenvalue weighted by molar-refractivity contribution is 4.88. The van der Waals surface area contributed by atoms with E-state index in [0.717, 1.165) is 18.5 Å². The summed E-state index contributed by atoms with van der Waals surface area (Å²) >= 11 is 0. The largest absolute Gasteiger partial charge is 0.329 e. The summed E-state index contributed by atoms with van der Waals surface area (Å²) in [6, 6.07) is 1.44. The van der Waals surface area contributed by atoms with Crippen LogP contribution in [-0.4, -0.2) is 30.6 Å². The van der Waals surface area contributed by atoms with E-state index in [1.165, 1.54) is 19.3 Å². The monoisotopic (exact) mass is 170 g/mol. The van der Waals surface area contributed by atoms with Crippen LogP contribution in [0.5, 0.6) is 0 Å². The Morgan fingerprint density at radius 1 is 1.50 bits per heavy atom. The number of nitrogens with zero attached hydrogens (tertiary/aromatic N) is 1.